The first-order valence-electron chi connectivity index (χ1n) is 8.75. The summed E-state index contributed by atoms with van der Waals surface area (Å²) < 4.78 is 18.0. The Hall–Kier alpha value is -3.02. The maximum Gasteiger partial charge on any atom is 0.311 e. The van der Waals surface area contributed by atoms with Gasteiger partial charge in [0.1, 0.15) is 5.82 Å². The third-order valence-electron chi connectivity index (χ3n) is 4.75. The number of Topliss-reactive ketones (excluding diaryl/α,β-unsaturated/α-hetero) is 1. The van der Waals surface area contributed by atoms with Gasteiger partial charge < -0.3 is 9.64 Å². The molecule has 0 N–H and O–H groups in total. The van der Waals surface area contributed by atoms with Gasteiger partial charge >= 0.3 is 5.97 Å². The van der Waals surface area contributed by atoms with Gasteiger partial charge in [0.2, 0.25) is 5.91 Å². The molecule has 0 aliphatic carbocycles. The Bertz CT molecular complexity index is 835. The Morgan fingerprint density at radius 3 is 2.48 bits per heavy atom. The molecule has 6 heteroatoms. The molecular formula is C21H20FNO4. The lowest BCUT2D eigenvalue weighted by Crippen LogP contribution is -2.30. The number of halogens is 1. The standard InChI is InChI=1S/C21H20FNO4/c1-14(15-5-3-2-4-6-15)23-12-17(11-20(23)25)21(26)27-13-19(24)16-7-9-18(22)10-8-16/h2-10,14,17H,11-13H2,1H3/t14-,17-/m1/s1. The van der Waals surface area contributed by atoms with Gasteiger partial charge in [0.05, 0.1) is 12.0 Å². The minimum atomic E-state index is -0.593. The number of nitrogens with zero attached hydrogens (tertiary/aromatic N) is 1. The van der Waals surface area contributed by atoms with Crippen LogP contribution in [0.15, 0.2) is 54.6 Å². The van der Waals surface area contributed by atoms with Gasteiger partial charge in [-0.05, 0) is 36.8 Å². The maximum atomic E-state index is 12.9. The van der Waals surface area contributed by atoms with E-state index in [9.17, 15) is 18.8 Å². The molecule has 1 saturated heterocycles. The Morgan fingerprint density at radius 1 is 1.15 bits per heavy atom. The summed E-state index contributed by atoms with van der Waals surface area (Å²) in [4.78, 5) is 38.3. The largest absolute Gasteiger partial charge is 0.457 e. The molecule has 3 rings (SSSR count). The average Bonchev–Trinajstić information content (AvgIpc) is 3.08. The van der Waals surface area contributed by atoms with Crippen LogP contribution in [0.1, 0.15) is 35.3 Å². The van der Waals surface area contributed by atoms with Crippen molar-refractivity contribution >= 4 is 17.7 Å². The number of hydrogen-bond donors (Lipinski definition) is 0. The number of ketones is 1. The first kappa shape index (κ1) is 18.8. The van der Waals surface area contributed by atoms with E-state index in [1.165, 1.54) is 24.3 Å². The number of ether oxygens (including phenoxy) is 1. The van der Waals surface area contributed by atoms with Crippen LogP contribution in [-0.4, -0.2) is 35.7 Å². The summed E-state index contributed by atoms with van der Waals surface area (Å²) in [6.45, 7) is 1.75. The normalized spacial score (nSPS) is 17.6. The molecule has 0 saturated carbocycles. The first-order valence-corrected chi connectivity index (χ1v) is 8.75. The Labute approximate surface area is 156 Å². The fourth-order valence-corrected chi connectivity index (χ4v) is 3.15. The van der Waals surface area contributed by atoms with Crippen LogP contribution in [0.25, 0.3) is 0 Å². The monoisotopic (exact) mass is 369 g/mol. The van der Waals surface area contributed by atoms with E-state index in [1.807, 2.05) is 37.3 Å². The van der Waals surface area contributed by atoms with Crippen molar-refractivity contribution in [2.75, 3.05) is 13.2 Å². The van der Waals surface area contributed by atoms with E-state index < -0.39 is 30.1 Å². The molecule has 1 amide bonds. The zero-order valence-corrected chi connectivity index (χ0v) is 14.9. The molecule has 2 aromatic rings. The Kier molecular flexibility index (Phi) is 5.64. The van der Waals surface area contributed by atoms with Crippen molar-refractivity contribution in [3.8, 4) is 0 Å². The molecule has 1 aliphatic heterocycles. The third-order valence-corrected chi connectivity index (χ3v) is 4.75. The maximum absolute atomic E-state index is 12.9. The van der Waals surface area contributed by atoms with Gasteiger partial charge in [0, 0.05) is 18.5 Å². The molecule has 2 atom stereocenters. The number of rotatable bonds is 6. The molecule has 0 unspecified atom stereocenters. The SMILES string of the molecule is C[C@H](c1ccccc1)N1C[C@H](C(=O)OCC(=O)c2ccc(F)cc2)CC1=O. The summed E-state index contributed by atoms with van der Waals surface area (Å²) in [6, 6.07) is 14.5. The van der Waals surface area contributed by atoms with Gasteiger partial charge in [-0.2, -0.15) is 0 Å². The smallest absolute Gasteiger partial charge is 0.311 e. The highest BCUT2D eigenvalue weighted by atomic mass is 19.1. The Balaban J connectivity index is 1.56. The highest BCUT2D eigenvalue weighted by Crippen LogP contribution is 2.29. The lowest BCUT2D eigenvalue weighted by molar-refractivity contribution is -0.147. The van der Waals surface area contributed by atoms with E-state index >= 15 is 0 Å². The van der Waals surface area contributed by atoms with E-state index in [2.05, 4.69) is 0 Å². The molecule has 5 nitrogen and oxygen atoms in total. The molecule has 1 fully saturated rings. The number of hydrogen-bond acceptors (Lipinski definition) is 4. The van der Waals surface area contributed by atoms with Crippen molar-refractivity contribution in [1.29, 1.82) is 0 Å². The van der Waals surface area contributed by atoms with Crippen molar-refractivity contribution in [2.24, 2.45) is 5.92 Å². The summed E-state index contributed by atoms with van der Waals surface area (Å²) in [7, 11) is 0. The zero-order chi connectivity index (χ0) is 19.4. The third kappa shape index (κ3) is 4.39. The summed E-state index contributed by atoms with van der Waals surface area (Å²) >= 11 is 0. The van der Waals surface area contributed by atoms with Crippen LogP contribution in [0.4, 0.5) is 4.39 Å². The second-order valence-corrected chi connectivity index (χ2v) is 6.57. The molecule has 0 radical (unpaired) electrons. The van der Waals surface area contributed by atoms with Gasteiger partial charge in [0.25, 0.3) is 0 Å². The minimum absolute atomic E-state index is 0.0702. The summed E-state index contributed by atoms with van der Waals surface area (Å²) in [5, 5.41) is 0. The number of esters is 1. The van der Waals surface area contributed by atoms with E-state index in [1.54, 1.807) is 4.90 Å². The fourth-order valence-electron chi connectivity index (χ4n) is 3.15. The molecule has 0 bridgehead atoms. The average molecular weight is 369 g/mol. The second-order valence-electron chi connectivity index (χ2n) is 6.57. The number of benzene rings is 2. The van der Waals surface area contributed by atoms with E-state index in [0.717, 1.165) is 5.56 Å². The predicted molar refractivity (Wildman–Crippen MR) is 96.4 cm³/mol. The summed E-state index contributed by atoms with van der Waals surface area (Å²) in [6.07, 6.45) is 0.0702. The fraction of sp³-hybridized carbons (Fsp3) is 0.286. The number of carbonyl (C=O) groups is 3. The van der Waals surface area contributed by atoms with E-state index in [-0.39, 0.29) is 30.5 Å². The number of likely N-dealkylation sites (tertiary alicyclic amines) is 1. The second kappa shape index (κ2) is 8.12. The number of carbonyl (C=O) groups excluding carboxylic acids is 3. The predicted octanol–water partition coefficient (Wildman–Crippen LogP) is 3.16. The topological polar surface area (TPSA) is 63.7 Å². The van der Waals surface area contributed by atoms with Crippen LogP contribution in [-0.2, 0) is 14.3 Å². The minimum Gasteiger partial charge on any atom is -0.457 e. The van der Waals surface area contributed by atoms with E-state index in [4.69, 9.17) is 4.74 Å². The summed E-state index contributed by atoms with van der Waals surface area (Å²) in [5.74, 6) is -2.13. The molecule has 2 aromatic carbocycles. The molecule has 1 heterocycles. The molecule has 0 aromatic heterocycles. The van der Waals surface area contributed by atoms with Crippen molar-refractivity contribution in [2.45, 2.75) is 19.4 Å². The lowest BCUT2D eigenvalue weighted by Gasteiger charge is -2.25. The zero-order valence-electron chi connectivity index (χ0n) is 14.9. The van der Waals surface area contributed by atoms with Crippen LogP contribution in [0.3, 0.4) is 0 Å². The first-order chi connectivity index (χ1) is 13.0. The van der Waals surface area contributed by atoms with Crippen molar-refractivity contribution in [1.82, 2.24) is 4.90 Å². The Morgan fingerprint density at radius 2 is 1.81 bits per heavy atom. The van der Waals surface area contributed by atoms with Crippen LogP contribution < -0.4 is 0 Å². The quantitative estimate of drug-likeness (QED) is 0.580. The van der Waals surface area contributed by atoms with Gasteiger partial charge in [-0.25, -0.2) is 4.39 Å². The molecule has 0 spiro atoms. The van der Waals surface area contributed by atoms with E-state index in [0.29, 0.717) is 0 Å². The number of amides is 1. The van der Waals surface area contributed by atoms with Crippen molar-refractivity contribution < 1.29 is 23.5 Å². The van der Waals surface area contributed by atoms with Gasteiger partial charge in [-0.15, -0.1) is 0 Å². The molecular weight excluding hydrogens is 349 g/mol. The molecule has 140 valence electrons. The van der Waals surface area contributed by atoms with Crippen LogP contribution in [0.2, 0.25) is 0 Å². The summed E-state index contributed by atoms with van der Waals surface area (Å²) in [5.41, 5.74) is 1.26. The van der Waals surface area contributed by atoms with Crippen LogP contribution >= 0.6 is 0 Å². The molecule has 1 aliphatic rings. The lowest BCUT2D eigenvalue weighted by atomic mass is 10.1. The molecule has 27 heavy (non-hydrogen) atoms. The van der Waals surface area contributed by atoms with Crippen LogP contribution in [0, 0.1) is 11.7 Å². The highest BCUT2D eigenvalue weighted by molar-refractivity contribution is 5.98. The highest BCUT2D eigenvalue weighted by Gasteiger charge is 2.38. The van der Waals surface area contributed by atoms with Gasteiger partial charge in [-0.1, -0.05) is 30.3 Å². The van der Waals surface area contributed by atoms with Crippen molar-refractivity contribution in [3.05, 3.63) is 71.5 Å². The van der Waals surface area contributed by atoms with Crippen LogP contribution in [0.5, 0.6) is 0 Å². The van der Waals surface area contributed by atoms with Gasteiger partial charge in [0.15, 0.2) is 12.4 Å². The van der Waals surface area contributed by atoms with Crippen molar-refractivity contribution in [3.63, 3.8) is 0 Å². The van der Waals surface area contributed by atoms with Gasteiger partial charge in [-0.3, -0.25) is 14.4 Å².